The van der Waals surface area contributed by atoms with E-state index in [4.69, 9.17) is 16.3 Å². The minimum absolute atomic E-state index is 0.121. The van der Waals surface area contributed by atoms with Gasteiger partial charge in [0.25, 0.3) is 5.56 Å². The summed E-state index contributed by atoms with van der Waals surface area (Å²) in [7, 11) is 1.51. The first-order valence-electron chi connectivity index (χ1n) is 9.41. The smallest absolute Gasteiger partial charge is 0.321 e. The van der Waals surface area contributed by atoms with E-state index in [2.05, 4.69) is 15.6 Å². The van der Waals surface area contributed by atoms with Crippen molar-refractivity contribution in [1.29, 1.82) is 0 Å². The van der Waals surface area contributed by atoms with Gasteiger partial charge in [0.2, 0.25) is 5.91 Å². The number of methoxy groups -OCH3 is 1. The molecule has 0 unspecified atom stereocenters. The molecule has 0 spiro atoms. The van der Waals surface area contributed by atoms with Crippen LogP contribution in [0, 0.1) is 6.92 Å². The van der Waals surface area contributed by atoms with Gasteiger partial charge in [0.1, 0.15) is 5.75 Å². The Kier molecular flexibility index (Phi) is 7.19. The number of carbonyl (C=O) groups excluding carboxylic acids is 2. The number of aryl methyl sites for hydroxylation is 1. The Bertz CT molecular complexity index is 1210. The molecule has 10 heteroatoms. The van der Waals surface area contributed by atoms with E-state index in [-0.39, 0.29) is 16.5 Å². The van der Waals surface area contributed by atoms with E-state index < -0.39 is 11.9 Å². The van der Waals surface area contributed by atoms with Gasteiger partial charge < -0.3 is 10.1 Å². The van der Waals surface area contributed by atoms with E-state index in [1.807, 2.05) is 19.1 Å². The third kappa shape index (κ3) is 5.18. The van der Waals surface area contributed by atoms with E-state index in [1.54, 1.807) is 31.2 Å². The minimum atomic E-state index is -0.580. The SMILES string of the molecule is CCNC(=O)NC(=O)CSc1nc2cc(Cl)ccc2c(=O)n1-c1cc(C)ccc1OC. The van der Waals surface area contributed by atoms with Crippen LogP contribution in [0.1, 0.15) is 12.5 Å². The highest BCUT2D eigenvalue weighted by atomic mass is 35.5. The molecule has 2 N–H and O–H groups in total. The van der Waals surface area contributed by atoms with Crippen LogP contribution in [-0.2, 0) is 4.79 Å². The summed E-state index contributed by atoms with van der Waals surface area (Å²) in [6.45, 7) is 4.04. The van der Waals surface area contributed by atoms with Crippen LogP contribution in [0.5, 0.6) is 5.75 Å². The Balaban J connectivity index is 2.10. The molecule has 0 radical (unpaired) electrons. The van der Waals surface area contributed by atoms with Crippen LogP contribution < -0.4 is 20.9 Å². The van der Waals surface area contributed by atoms with E-state index in [0.717, 1.165) is 17.3 Å². The Morgan fingerprint density at radius 1 is 1.23 bits per heavy atom. The molecule has 0 atom stereocenters. The number of thioether (sulfide) groups is 1. The number of nitrogens with one attached hydrogen (secondary N) is 2. The first kappa shape index (κ1) is 22.6. The molecule has 2 aromatic carbocycles. The number of aromatic nitrogens is 2. The molecular formula is C21H21ClN4O4S. The number of amides is 3. The molecule has 0 aliphatic carbocycles. The number of hydrogen-bond acceptors (Lipinski definition) is 6. The van der Waals surface area contributed by atoms with Crippen molar-refractivity contribution in [2.45, 2.75) is 19.0 Å². The fraction of sp³-hybridized carbons (Fsp3) is 0.238. The summed E-state index contributed by atoms with van der Waals surface area (Å²) in [5.41, 5.74) is 1.51. The van der Waals surface area contributed by atoms with Crippen LogP contribution in [0.2, 0.25) is 5.02 Å². The highest BCUT2D eigenvalue weighted by molar-refractivity contribution is 7.99. The number of urea groups is 1. The zero-order valence-corrected chi connectivity index (χ0v) is 18.8. The van der Waals surface area contributed by atoms with Gasteiger partial charge in [-0.15, -0.1) is 0 Å². The zero-order valence-electron chi connectivity index (χ0n) is 17.2. The van der Waals surface area contributed by atoms with Crippen LogP contribution in [0.15, 0.2) is 46.3 Å². The Labute approximate surface area is 187 Å². The van der Waals surface area contributed by atoms with Gasteiger partial charge in [0.15, 0.2) is 5.16 Å². The number of carbonyl (C=O) groups is 2. The molecule has 162 valence electrons. The van der Waals surface area contributed by atoms with Gasteiger partial charge in [0, 0.05) is 11.6 Å². The molecule has 0 saturated heterocycles. The van der Waals surface area contributed by atoms with Crippen LogP contribution in [0.3, 0.4) is 0 Å². The quantitative estimate of drug-likeness (QED) is 0.432. The zero-order chi connectivity index (χ0) is 22.5. The van der Waals surface area contributed by atoms with Gasteiger partial charge >= 0.3 is 6.03 Å². The Hall–Kier alpha value is -3.04. The average Bonchev–Trinajstić information content (AvgIpc) is 2.72. The summed E-state index contributed by atoms with van der Waals surface area (Å²) in [4.78, 5) is 41.7. The Morgan fingerprint density at radius 2 is 2.00 bits per heavy atom. The molecule has 31 heavy (non-hydrogen) atoms. The molecule has 0 bridgehead atoms. The summed E-state index contributed by atoms with van der Waals surface area (Å²) in [6, 6.07) is 9.69. The molecule has 1 aromatic heterocycles. The van der Waals surface area contributed by atoms with Crippen molar-refractivity contribution in [2.75, 3.05) is 19.4 Å². The van der Waals surface area contributed by atoms with Crippen molar-refractivity contribution in [3.8, 4) is 11.4 Å². The molecule has 3 aromatic rings. The van der Waals surface area contributed by atoms with Gasteiger partial charge in [-0.1, -0.05) is 29.4 Å². The van der Waals surface area contributed by atoms with Gasteiger partial charge in [-0.05, 0) is 49.7 Å². The number of hydrogen-bond donors (Lipinski definition) is 2. The Morgan fingerprint density at radius 3 is 2.71 bits per heavy atom. The second-order valence-corrected chi connectivity index (χ2v) is 7.95. The maximum Gasteiger partial charge on any atom is 0.321 e. The van der Waals surface area contributed by atoms with Gasteiger partial charge in [-0.3, -0.25) is 19.5 Å². The maximum absolute atomic E-state index is 13.4. The predicted octanol–water partition coefficient (Wildman–Crippen LogP) is 3.29. The number of benzene rings is 2. The highest BCUT2D eigenvalue weighted by Gasteiger charge is 2.18. The molecule has 0 saturated carbocycles. The lowest BCUT2D eigenvalue weighted by molar-refractivity contribution is -0.117. The number of ether oxygens (including phenoxy) is 1. The number of halogens is 1. The van der Waals surface area contributed by atoms with Crippen LogP contribution in [-0.4, -0.2) is 40.9 Å². The van der Waals surface area contributed by atoms with Gasteiger partial charge in [0.05, 0.1) is 29.5 Å². The molecule has 3 amide bonds. The fourth-order valence-corrected chi connectivity index (χ4v) is 3.89. The predicted molar refractivity (Wildman–Crippen MR) is 122 cm³/mol. The van der Waals surface area contributed by atoms with Crippen molar-refractivity contribution in [3.05, 3.63) is 57.3 Å². The first-order chi connectivity index (χ1) is 14.8. The number of imide groups is 1. The molecular weight excluding hydrogens is 440 g/mol. The molecule has 0 aliphatic heterocycles. The standard InChI is InChI=1S/C21H21ClN4O4S/c1-4-23-20(29)25-18(27)11-31-21-24-15-10-13(22)6-7-14(15)19(28)26(21)16-9-12(2)5-8-17(16)30-3/h5-10H,4,11H2,1-3H3,(H2,23,25,27,29). The second-order valence-electron chi connectivity index (χ2n) is 6.57. The van der Waals surface area contributed by atoms with Crippen molar-refractivity contribution in [3.63, 3.8) is 0 Å². The second kappa shape index (κ2) is 9.84. The van der Waals surface area contributed by atoms with Crippen LogP contribution in [0.25, 0.3) is 16.6 Å². The summed E-state index contributed by atoms with van der Waals surface area (Å²) < 4.78 is 6.86. The maximum atomic E-state index is 13.4. The van der Waals surface area contributed by atoms with Gasteiger partial charge in [-0.2, -0.15) is 0 Å². The third-order valence-corrected chi connectivity index (χ3v) is 5.47. The lowest BCUT2D eigenvalue weighted by Gasteiger charge is -2.16. The summed E-state index contributed by atoms with van der Waals surface area (Å²) >= 11 is 7.11. The van der Waals surface area contributed by atoms with Crippen molar-refractivity contribution in [2.24, 2.45) is 0 Å². The van der Waals surface area contributed by atoms with Crippen LogP contribution in [0.4, 0.5) is 4.79 Å². The molecule has 3 rings (SSSR count). The van der Waals surface area contributed by atoms with Crippen LogP contribution >= 0.6 is 23.4 Å². The molecule has 8 nitrogen and oxygen atoms in total. The summed E-state index contributed by atoms with van der Waals surface area (Å²) in [6.07, 6.45) is 0. The van der Waals surface area contributed by atoms with E-state index in [0.29, 0.717) is 33.9 Å². The number of rotatable bonds is 6. The fourth-order valence-electron chi connectivity index (χ4n) is 2.92. The van der Waals surface area contributed by atoms with Crippen molar-refractivity contribution >= 4 is 46.2 Å². The minimum Gasteiger partial charge on any atom is -0.495 e. The lowest BCUT2D eigenvalue weighted by Crippen LogP contribution is -2.40. The van der Waals surface area contributed by atoms with Crippen molar-refractivity contribution in [1.82, 2.24) is 20.2 Å². The highest BCUT2D eigenvalue weighted by Crippen LogP contribution is 2.28. The monoisotopic (exact) mass is 460 g/mol. The lowest BCUT2D eigenvalue weighted by atomic mass is 10.2. The van der Waals surface area contributed by atoms with E-state index in [1.165, 1.54) is 11.7 Å². The topological polar surface area (TPSA) is 102 Å². The third-order valence-electron chi connectivity index (χ3n) is 4.30. The first-order valence-corrected chi connectivity index (χ1v) is 10.8. The normalized spacial score (nSPS) is 10.7. The molecule has 0 aliphatic rings. The number of nitrogens with zero attached hydrogens (tertiary/aromatic N) is 2. The number of fused-ring (bicyclic) bond motifs is 1. The summed E-state index contributed by atoms with van der Waals surface area (Å²) in [5.74, 6) is -0.153. The van der Waals surface area contributed by atoms with E-state index in [9.17, 15) is 14.4 Å². The molecule has 0 fully saturated rings. The van der Waals surface area contributed by atoms with E-state index >= 15 is 0 Å². The van der Waals surface area contributed by atoms with Crippen molar-refractivity contribution < 1.29 is 14.3 Å². The van der Waals surface area contributed by atoms with Gasteiger partial charge in [-0.25, -0.2) is 9.78 Å². The molecule has 1 heterocycles. The summed E-state index contributed by atoms with van der Waals surface area (Å²) in [5, 5.41) is 5.81. The largest absolute Gasteiger partial charge is 0.495 e. The average molecular weight is 461 g/mol.